The number of esters is 2. The highest BCUT2D eigenvalue weighted by molar-refractivity contribution is 7.47. The number of carbonyl (C=O) groups is 2. The molecule has 0 heterocycles. The Morgan fingerprint density at radius 3 is 0.943 bits per heavy atom. The summed E-state index contributed by atoms with van der Waals surface area (Å²) in [5.41, 5.74) is 5.41. The molecule has 0 spiro atoms. The van der Waals surface area contributed by atoms with Gasteiger partial charge in [0.25, 0.3) is 0 Å². The summed E-state index contributed by atoms with van der Waals surface area (Å²) in [5, 5.41) is 0. The monoisotopic (exact) mass is 1240 g/mol. The molecule has 0 rings (SSSR count). The standard InChI is InChI=1S/C77H146NO8P/c1-3-5-7-9-11-13-15-17-19-21-23-25-27-29-31-32-33-34-35-36-37-38-39-40-41-42-44-46-48-50-52-54-56-58-60-62-64-66-68-70-77(80)86-75(74-85-87(81,82)84-72-71-78)73-83-76(79)69-67-65-63-61-59-57-55-53-51-49-47-45-43-30-28-26-24-22-20-18-16-14-12-10-8-6-4-2/h5,7,11,13,17,19,23,25,75H,3-4,6,8-10,12,14-16,18,20-22,24,26-74,78H2,1-2H3,(H,81,82)/b7-5-,13-11-,19-17-,25-23-. The van der Waals surface area contributed by atoms with Crippen molar-refractivity contribution >= 4 is 19.8 Å². The van der Waals surface area contributed by atoms with Crippen LogP contribution in [-0.2, 0) is 32.7 Å². The number of carbonyl (C=O) groups excluding carboxylic acids is 2. The van der Waals surface area contributed by atoms with E-state index in [1.807, 2.05) is 0 Å². The van der Waals surface area contributed by atoms with Crippen molar-refractivity contribution < 1.29 is 37.6 Å². The lowest BCUT2D eigenvalue weighted by atomic mass is 10.0. The van der Waals surface area contributed by atoms with Gasteiger partial charge in [0.05, 0.1) is 13.2 Å². The van der Waals surface area contributed by atoms with Crippen molar-refractivity contribution in [1.82, 2.24) is 0 Å². The van der Waals surface area contributed by atoms with E-state index in [0.717, 1.165) is 57.8 Å². The Kier molecular flexibility index (Phi) is 71.3. The highest BCUT2D eigenvalue weighted by Gasteiger charge is 2.26. The molecule has 0 fully saturated rings. The molecule has 512 valence electrons. The van der Waals surface area contributed by atoms with Crippen molar-refractivity contribution in [3.63, 3.8) is 0 Å². The van der Waals surface area contributed by atoms with E-state index in [4.69, 9.17) is 24.3 Å². The maximum absolute atomic E-state index is 12.8. The number of phosphoric ester groups is 1. The third kappa shape index (κ3) is 72.9. The molecule has 0 aliphatic rings. The van der Waals surface area contributed by atoms with Gasteiger partial charge in [-0.1, -0.05) is 383 Å². The smallest absolute Gasteiger partial charge is 0.462 e. The van der Waals surface area contributed by atoms with E-state index >= 15 is 0 Å². The molecular weight excluding hydrogens is 1100 g/mol. The van der Waals surface area contributed by atoms with Crippen molar-refractivity contribution in [2.75, 3.05) is 26.4 Å². The van der Waals surface area contributed by atoms with Gasteiger partial charge in [0.15, 0.2) is 6.10 Å². The zero-order valence-electron chi connectivity index (χ0n) is 57.8. The first-order valence-electron chi connectivity index (χ1n) is 38.1. The van der Waals surface area contributed by atoms with Crippen LogP contribution in [-0.4, -0.2) is 49.3 Å². The fourth-order valence-electron chi connectivity index (χ4n) is 11.6. The van der Waals surface area contributed by atoms with Gasteiger partial charge in [-0.05, 0) is 51.4 Å². The first-order valence-corrected chi connectivity index (χ1v) is 39.6. The van der Waals surface area contributed by atoms with Gasteiger partial charge in [0.1, 0.15) is 6.61 Å². The Hall–Kier alpha value is -2.03. The average Bonchev–Trinajstić information content (AvgIpc) is 3.64. The lowest BCUT2D eigenvalue weighted by Crippen LogP contribution is -2.29. The van der Waals surface area contributed by atoms with Gasteiger partial charge in [-0.3, -0.25) is 18.6 Å². The Labute approximate surface area is 540 Å². The van der Waals surface area contributed by atoms with E-state index in [1.54, 1.807) is 0 Å². The van der Waals surface area contributed by atoms with Gasteiger partial charge >= 0.3 is 19.8 Å². The molecular formula is C77H146NO8P. The summed E-state index contributed by atoms with van der Waals surface area (Å²) in [4.78, 5) is 35.4. The molecule has 9 nitrogen and oxygen atoms in total. The summed E-state index contributed by atoms with van der Waals surface area (Å²) >= 11 is 0. The summed E-state index contributed by atoms with van der Waals surface area (Å²) in [5.74, 6) is -0.801. The molecule has 10 heteroatoms. The van der Waals surface area contributed by atoms with E-state index in [1.165, 1.54) is 308 Å². The van der Waals surface area contributed by atoms with Crippen LogP contribution in [0.5, 0.6) is 0 Å². The van der Waals surface area contributed by atoms with Gasteiger partial charge in [0, 0.05) is 19.4 Å². The zero-order valence-corrected chi connectivity index (χ0v) is 58.7. The van der Waals surface area contributed by atoms with Crippen molar-refractivity contribution in [2.24, 2.45) is 5.73 Å². The van der Waals surface area contributed by atoms with Crippen LogP contribution in [0.25, 0.3) is 0 Å². The van der Waals surface area contributed by atoms with Gasteiger partial charge in [-0.15, -0.1) is 0 Å². The number of hydrogen-bond donors (Lipinski definition) is 2. The molecule has 0 aromatic rings. The molecule has 3 N–H and O–H groups in total. The fraction of sp³-hybridized carbons (Fsp3) is 0.870. The predicted molar refractivity (Wildman–Crippen MR) is 377 cm³/mol. The molecule has 87 heavy (non-hydrogen) atoms. The van der Waals surface area contributed by atoms with E-state index in [0.29, 0.717) is 6.42 Å². The number of allylic oxidation sites excluding steroid dienone is 8. The van der Waals surface area contributed by atoms with Crippen LogP contribution in [0.2, 0.25) is 0 Å². The number of phosphoric acid groups is 1. The molecule has 0 saturated heterocycles. The average molecular weight is 1240 g/mol. The third-order valence-corrected chi connectivity index (χ3v) is 18.2. The SMILES string of the molecule is CC/C=C\C/C=C\C/C=C\C/C=C\CCCCCCCCCCCCCCCCCCCCCCCCCCCCC(=O)OC(COC(=O)CCCCCCCCCCCCCCCCCCCCCCCCCCCCC)COP(=O)(O)OCCN. The number of rotatable bonds is 73. The molecule has 0 aliphatic heterocycles. The topological polar surface area (TPSA) is 134 Å². The van der Waals surface area contributed by atoms with Crippen molar-refractivity contribution in [2.45, 2.75) is 405 Å². The number of nitrogens with two attached hydrogens (primary N) is 1. The molecule has 0 bridgehead atoms. The van der Waals surface area contributed by atoms with E-state index in [-0.39, 0.29) is 38.6 Å². The Bertz CT molecular complexity index is 1570. The fourth-order valence-corrected chi connectivity index (χ4v) is 12.4. The molecule has 0 radical (unpaired) electrons. The third-order valence-electron chi connectivity index (χ3n) is 17.2. The zero-order chi connectivity index (χ0) is 63.0. The molecule has 0 aliphatic carbocycles. The summed E-state index contributed by atoms with van der Waals surface area (Å²) < 4.78 is 33.2. The molecule has 0 aromatic heterocycles. The Morgan fingerprint density at radius 1 is 0.356 bits per heavy atom. The molecule has 0 aromatic carbocycles. The van der Waals surface area contributed by atoms with Gasteiger partial charge in [0.2, 0.25) is 0 Å². The van der Waals surface area contributed by atoms with Crippen LogP contribution in [0, 0.1) is 0 Å². The maximum atomic E-state index is 12.8. The molecule has 2 unspecified atom stereocenters. The highest BCUT2D eigenvalue weighted by atomic mass is 31.2. The van der Waals surface area contributed by atoms with Crippen molar-refractivity contribution in [3.8, 4) is 0 Å². The van der Waals surface area contributed by atoms with Gasteiger partial charge < -0.3 is 20.1 Å². The largest absolute Gasteiger partial charge is 0.472 e. The number of hydrogen-bond acceptors (Lipinski definition) is 8. The van der Waals surface area contributed by atoms with Crippen molar-refractivity contribution in [1.29, 1.82) is 0 Å². The van der Waals surface area contributed by atoms with Gasteiger partial charge in [-0.25, -0.2) is 4.57 Å². The van der Waals surface area contributed by atoms with Crippen LogP contribution in [0.4, 0.5) is 0 Å². The van der Waals surface area contributed by atoms with E-state index < -0.39 is 26.5 Å². The molecule has 2 atom stereocenters. The summed E-state index contributed by atoms with van der Waals surface area (Å²) in [7, 11) is -4.39. The number of unbranched alkanes of at least 4 members (excludes halogenated alkanes) is 52. The van der Waals surface area contributed by atoms with Gasteiger partial charge in [-0.2, -0.15) is 0 Å². The first kappa shape index (κ1) is 85.0. The quantitative estimate of drug-likeness (QED) is 0.0264. The normalized spacial score (nSPS) is 13.1. The second-order valence-electron chi connectivity index (χ2n) is 25.9. The Balaban J connectivity index is 3.75. The summed E-state index contributed by atoms with van der Waals surface area (Å²) in [6, 6.07) is 0. The van der Waals surface area contributed by atoms with E-state index in [9.17, 15) is 19.0 Å². The maximum Gasteiger partial charge on any atom is 0.472 e. The van der Waals surface area contributed by atoms with E-state index in [2.05, 4.69) is 62.5 Å². The summed E-state index contributed by atoms with van der Waals surface area (Å²) in [6.07, 6.45) is 93.9. The molecule has 0 saturated carbocycles. The lowest BCUT2D eigenvalue weighted by molar-refractivity contribution is -0.161. The van der Waals surface area contributed by atoms with Crippen LogP contribution in [0.15, 0.2) is 48.6 Å². The minimum absolute atomic E-state index is 0.0567. The predicted octanol–water partition coefficient (Wildman–Crippen LogP) is 25.2. The molecule has 0 amide bonds. The van der Waals surface area contributed by atoms with Crippen LogP contribution >= 0.6 is 7.82 Å². The van der Waals surface area contributed by atoms with Crippen LogP contribution in [0.1, 0.15) is 399 Å². The summed E-state index contributed by atoms with van der Waals surface area (Å²) in [6.45, 7) is 3.72. The minimum Gasteiger partial charge on any atom is -0.462 e. The van der Waals surface area contributed by atoms with Crippen LogP contribution < -0.4 is 5.73 Å². The Morgan fingerprint density at radius 2 is 0.632 bits per heavy atom. The lowest BCUT2D eigenvalue weighted by Gasteiger charge is -2.19. The van der Waals surface area contributed by atoms with Crippen LogP contribution in [0.3, 0.4) is 0 Å². The first-order chi connectivity index (χ1) is 42.8. The second kappa shape index (κ2) is 73.0. The second-order valence-corrected chi connectivity index (χ2v) is 27.3. The minimum atomic E-state index is -4.39. The van der Waals surface area contributed by atoms with Crippen molar-refractivity contribution in [3.05, 3.63) is 48.6 Å². The highest BCUT2D eigenvalue weighted by Crippen LogP contribution is 2.43. The number of ether oxygens (including phenoxy) is 2.